The molecule has 2 N–H and O–H groups in total. The molecular formula is C22H25ClN5O3. The quantitative estimate of drug-likeness (QED) is 0.586. The Balaban J connectivity index is 1.46. The van der Waals surface area contributed by atoms with Gasteiger partial charge in [-0.15, -0.1) is 0 Å². The Bertz CT molecular complexity index is 1060. The van der Waals surface area contributed by atoms with Crippen LogP contribution in [-0.2, 0) is 11.2 Å². The highest BCUT2D eigenvalue weighted by Crippen LogP contribution is 2.35. The third kappa shape index (κ3) is 3.78. The van der Waals surface area contributed by atoms with Gasteiger partial charge in [0.25, 0.3) is 0 Å². The summed E-state index contributed by atoms with van der Waals surface area (Å²) >= 11 is 6.26. The number of anilines is 1. The van der Waals surface area contributed by atoms with Crippen molar-refractivity contribution in [3.05, 3.63) is 47.5 Å². The summed E-state index contributed by atoms with van der Waals surface area (Å²) in [4.78, 5) is 15.4. The Labute approximate surface area is 185 Å². The van der Waals surface area contributed by atoms with Gasteiger partial charge < -0.3 is 19.8 Å². The Kier molecular flexibility index (Phi) is 5.56. The van der Waals surface area contributed by atoms with Crippen molar-refractivity contribution in [3.8, 4) is 0 Å². The van der Waals surface area contributed by atoms with Crippen LogP contribution in [0.2, 0.25) is 5.28 Å². The fourth-order valence-corrected chi connectivity index (χ4v) is 4.83. The fraction of sp³-hybridized carbons (Fsp3) is 0.500. The number of imidazole rings is 1. The molecule has 0 bridgehead atoms. The molecule has 3 heterocycles. The van der Waals surface area contributed by atoms with Crippen LogP contribution in [-0.4, -0.2) is 61.1 Å². The summed E-state index contributed by atoms with van der Waals surface area (Å²) in [5.41, 5.74) is 1.98. The zero-order valence-electron chi connectivity index (χ0n) is 17.2. The lowest BCUT2D eigenvalue weighted by atomic mass is 10.0. The first-order valence-electron chi connectivity index (χ1n) is 10.6. The number of rotatable bonds is 5. The van der Waals surface area contributed by atoms with E-state index in [1.165, 1.54) is 12.8 Å². The largest absolute Gasteiger partial charge is 0.388 e. The van der Waals surface area contributed by atoms with Crippen molar-refractivity contribution in [3.63, 3.8) is 0 Å². The highest BCUT2D eigenvalue weighted by Gasteiger charge is 2.44. The van der Waals surface area contributed by atoms with Gasteiger partial charge in [0, 0.05) is 19.5 Å². The maximum absolute atomic E-state index is 10.7. The summed E-state index contributed by atoms with van der Waals surface area (Å²) < 4.78 is 7.70. The summed E-state index contributed by atoms with van der Waals surface area (Å²) in [6.45, 7) is 0. The minimum absolute atomic E-state index is 0.109. The van der Waals surface area contributed by atoms with Gasteiger partial charge in [-0.1, -0.05) is 37.1 Å². The molecule has 8 nitrogen and oxygen atoms in total. The van der Waals surface area contributed by atoms with E-state index in [0.29, 0.717) is 29.4 Å². The van der Waals surface area contributed by atoms with Crippen molar-refractivity contribution in [2.24, 2.45) is 0 Å². The Hall–Kier alpha value is -2.26. The number of hydrogen-bond donors (Lipinski definition) is 2. The lowest BCUT2D eigenvalue weighted by Gasteiger charge is -2.25. The van der Waals surface area contributed by atoms with Gasteiger partial charge in [-0.05, 0) is 36.1 Å². The van der Waals surface area contributed by atoms with Crippen molar-refractivity contribution < 1.29 is 14.9 Å². The smallest absolute Gasteiger partial charge is 0.226 e. The first-order chi connectivity index (χ1) is 15.0. The van der Waals surface area contributed by atoms with Crippen LogP contribution in [0.5, 0.6) is 0 Å². The average Bonchev–Trinajstić information content (AvgIpc) is 3.50. The van der Waals surface area contributed by atoms with E-state index in [-0.39, 0.29) is 5.28 Å². The summed E-state index contributed by atoms with van der Waals surface area (Å²) in [7, 11) is 2.00. The number of aliphatic hydroxyl groups is 2. The molecule has 1 aliphatic heterocycles. The molecule has 1 aromatic carbocycles. The molecular weight excluding hydrogens is 418 g/mol. The monoisotopic (exact) mass is 442 g/mol. The number of aliphatic hydroxyl groups excluding tert-OH is 2. The second-order valence-corrected chi connectivity index (χ2v) is 8.67. The highest BCUT2D eigenvalue weighted by atomic mass is 35.5. The highest BCUT2D eigenvalue weighted by molar-refractivity contribution is 6.28. The van der Waals surface area contributed by atoms with Crippen LogP contribution < -0.4 is 4.90 Å². The number of benzene rings is 1. The third-order valence-corrected chi connectivity index (χ3v) is 6.56. The average molecular weight is 443 g/mol. The van der Waals surface area contributed by atoms with Crippen LogP contribution in [0.15, 0.2) is 30.6 Å². The maximum atomic E-state index is 10.7. The molecule has 31 heavy (non-hydrogen) atoms. The van der Waals surface area contributed by atoms with Crippen LogP contribution in [0.4, 0.5) is 5.82 Å². The van der Waals surface area contributed by atoms with E-state index >= 15 is 0 Å². The Morgan fingerprint density at radius 1 is 1.23 bits per heavy atom. The van der Waals surface area contributed by atoms with Gasteiger partial charge in [-0.25, -0.2) is 4.98 Å². The fourth-order valence-electron chi connectivity index (χ4n) is 4.67. The minimum atomic E-state index is -1.13. The summed E-state index contributed by atoms with van der Waals surface area (Å²) in [5, 5.41) is 21.5. The van der Waals surface area contributed by atoms with Crippen LogP contribution in [0.1, 0.15) is 37.5 Å². The van der Waals surface area contributed by atoms with Crippen LogP contribution in [0.3, 0.4) is 0 Å². The molecule has 0 spiro atoms. The van der Waals surface area contributed by atoms with Crippen LogP contribution >= 0.6 is 11.6 Å². The molecule has 163 valence electrons. The van der Waals surface area contributed by atoms with Crippen molar-refractivity contribution in [1.82, 2.24) is 19.5 Å². The second kappa shape index (κ2) is 8.35. The van der Waals surface area contributed by atoms with E-state index in [0.717, 1.165) is 18.4 Å². The van der Waals surface area contributed by atoms with Gasteiger partial charge in [0.1, 0.15) is 12.2 Å². The number of aromatic nitrogens is 4. The molecule has 1 radical (unpaired) electrons. The molecule has 9 heteroatoms. The topological polar surface area (TPSA) is 96.5 Å². The van der Waals surface area contributed by atoms with Gasteiger partial charge in [-0.2, -0.15) is 9.97 Å². The molecule has 2 aliphatic rings. The molecule has 2 aromatic heterocycles. The van der Waals surface area contributed by atoms with Gasteiger partial charge in [0.15, 0.2) is 23.2 Å². The van der Waals surface area contributed by atoms with Crippen molar-refractivity contribution in [2.45, 2.75) is 62.7 Å². The normalized spacial score (nSPS) is 26.7. The molecule has 1 aliphatic carbocycles. The summed E-state index contributed by atoms with van der Waals surface area (Å²) in [6, 6.07) is 11.0. The van der Waals surface area contributed by atoms with Gasteiger partial charge in [0.05, 0.1) is 12.4 Å². The van der Waals surface area contributed by atoms with Gasteiger partial charge >= 0.3 is 0 Å². The van der Waals surface area contributed by atoms with Gasteiger partial charge in [0.2, 0.25) is 5.28 Å². The van der Waals surface area contributed by atoms with Crippen LogP contribution in [0.25, 0.3) is 11.2 Å². The molecule has 5 rings (SSSR count). The lowest BCUT2D eigenvalue weighted by molar-refractivity contribution is -0.0345. The van der Waals surface area contributed by atoms with Gasteiger partial charge in [-0.3, -0.25) is 4.57 Å². The van der Waals surface area contributed by atoms with Crippen molar-refractivity contribution in [2.75, 3.05) is 11.9 Å². The second-order valence-electron chi connectivity index (χ2n) is 8.33. The minimum Gasteiger partial charge on any atom is -0.388 e. The van der Waals surface area contributed by atoms with E-state index in [9.17, 15) is 10.2 Å². The number of fused-ring (bicyclic) bond motifs is 1. The predicted octanol–water partition coefficient (Wildman–Crippen LogP) is 2.52. The van der Waals surface area contributed by atoms with Crippen LogP contribution in [0, 0.1) is 6.07 Å². The van der Waals surface area contributed by atoms with E-state index in [4.69, 9.17) is 16.3 Å². The first kappa shape index (κ1) is 20.6. The first-order valence-corrected chi connectivity index (χ1v) is 11.0. The van der Waals surface area contributed by atoms with E-state index in [1.54, 1.807) is 10.9 Å². The van der Waals surface area contributed by atoms with Crippen molar-refractivity contribution >= 4 is 28.6 Å². The van der Waals surface area contributed by atoms with E-state index in [1.807, 2.05) is 31.3 Å². The predicted molar refractivity (Wildman–Crippen MR) is 116 cm³/mol. The zero-order chi connectivity index (χ0) is 21.5. The zero-order valence-corrected chi connectivity index (χ0v) is 18.0. The summed E-state index contributed by atoms with van der Waals surface area (Å²) in [6.07, 6.45) is 3.04. The Morgan fingerprint density at radius 2 is 2.03 bits per heavy atom. The Morgan fingerprint density at radius 3 is 2.77 bits per heavy atom. The molecule has 3 aromatic rings. The molecule has 1 saturated carbocycles. The standard InChI is InChI=1S/C22H25ClN5O3/c1-27(14-9-5-6-10-14)19-16-20(26-22(23)25-19)28(12-24-16)21-18(30)17(29)15(31-21)11-13-7-3-2-4-8-13/h2-4,7,12,14-15,17-18,21,29-30H,5-6,9-11H2,1H3/t15-,17-,18-,21-/m1/s1. The third-order valence-electron chi connectivity index (χ3n) is 6.39. The lowest BCUT2D eigenvalue weighted by Crippen LogP contribution is -2.32. The van der Waals surface area contributed by atoms with Crippen molar-refractivity contribution in [1.29, 1.82) is 0 Å². The number of ether oxygens (including phenoxy) is 1. The number of hydrogen-bond acceptors (Lipinski definition) is 7. The number of nitrogens with zero attached hydrogens (tertiary/aromatic N) is 5. The van der Waals surface area contributed by atoms with E-state index in [2.05, 4.69) is 25.9 Å². The SMILES string of the molecule is CN(c1nc(Cl)nc2c1ncn2[C@@H]1O[C@H](Cc2[c]cccc2)[C@@H](O)[C@H]1O)C1CCCC1. The molecule has 0 amide bonds. The molecule has 2 fully saturated rings. The van der Waals surface area contributed by atoms with E-state index < -0.39 is 24.5 Å². The molecule has 1 saturated heterocycles. The maximum Gasteiger partial charge on any atom is 0.226 e. The number of halogens is 1. The molecule has 0 unspecified atom stereocenters. The molecule has 4 atom stereocenters. The summed E-state index contributed by atoms with van der Waals surface area (Å²) in [5.74, 6) is 0.670.